The van der Waals surface area contributed by atoms with Crippen LogP contribution in [0.15, 0.2) is 41.6 Å². The molecule has 0 bridgehead atoms. The van der Waals surface area contributed by atoms with Crippen LogP contribution in [0.4, 0.5) is 0 Å². The van der Waals surface area contributed by atoms with Crippen LogP contribution in [0.25, 0.3) is 5.69 Å². The molecule has 1 aliphatic heterocycles. The van der Waals surface area contributed by atoms with Crippen molar-refractivity contribution in [3.63, 3.8) is 0 Å². The van der Waals surface area contributed by atoms with E-state index in [-0.39, 0.29) is 11.0 Å². The molecule has 6 nitrogen and oxygen atoms in total. The number of rotatable bonds is 5. The summed E-state index contributed by atoms with van der Waals surface area (Å²) in [5, 5.41) is 4.21. The highest BCUT2D eigenvalue weighted by atomic mass is 32.2. The molecule has 0 aliphatic carbocycles. The van der Waals surface area contributed by atoms with Gasteiger partial charge in [-0.15, -0.1) is 0 Å². The van der Waals surface area contributed by atoms with Crippen LogP contribution in [-0.2, 0) is 14.8 Å². The standard InChI is InChI=1S/C17H23N3O3S/c1-3-4-16-12-19(9-10-23-16)24(21,22)17-11-18-20(13-17)15-7-5-14(2)6-8-15/h5-8,11,13,16H,3-4,9-10,12H2,1-2H3/t16-/m1/s1. The van der Waals surface area contributed by atoms with Crippen molar-refractivity contribution in [2.75, 3.05) is 19.7 Å². The molecule has 1 saturated heterocycles. The normalized spacial score (nSPS) is 19.5. The summed E-state index contributed by atoms with van der Waals surface area (Å²) in [5.41, 5.74) is 1.99. The van der Waals surface area contributed by atoms with Gasteiger partial charge in [-0.05, 0) is 25.5 Å². The van der Waals surface area contributed by atoms with Crippen LogP contribution in [0.3, 0.4) is 0 Å². The molecule has 1 atom stereocenters. The van der Waals surface area contributed by atoms with Gasteiger partial charge in [-0.2, -0.15) is 9.40 Å². The Kier molecular flexibility index (Phi) is 5.03. The summed E-state index contributed by atoms with van der Waals surface area (Å²) in [7, 11) is -3.54. The summed E-state index contributed by atoms with van der Waals surface area (Å²) in [6.45, 7) is 5.32. The number of morpholine rings is 1. The van der Waals surface area contributed by atoms with Gasteiger partial charge < -0.3 is 4.74 Å². The van der Waals surface area contributed by atoms with E-state index in [9.17, 15) is 8.42 Å². The van der Waals surface area contributed by atoms with E-state index in [0.717, 1.165) is 24.1 Å². The molecule has 2 heterocycles. The number of nitrogens with zero attached hydrogens (tertiary/aromatic N) is 3. The summed E-state index contributed by atoms with van der Waals surface area (Å²) < 4.78 is 34.4. The Bertz CT molecular complexity index is 782. The molecule has 1 aromatic carbocycles. The van der Waals surface area contributed by atoms with Crippen molar-refractivity contribution in [1.29, 1.82) is 0 Å². The van der Waals surface area contributed by atoms with Crippen molar-refractivity contribution in [2.45, 2.75) is 37.7 Å². The van der Waals surface area contributed by atoms with E-state index < -0.39 is 10.0 Å². The third-order valence-corrected chi connectivity index (χ3v) is 6.03. The molecule has 130 valence electrons. The number of ether oxygens (including phenoxy) is 1. The predicted octanol–water partition coefficient (Wildman–Crippen LogP) is 2.37. The number of benzene rings is 1. The predicted molar refractivity (Wildman–Crippen MR) is 91.7 cm³/mol. The summed E-state index contributed by atoms with van der Waals surface area (Å²) in [6.07, 6.45) is 4.81. The Labute approximate surface area is 143 Å². The Hall–Kier alpha value is -1.70. The molecule has 0 unspecified atom stereocenters. The molecular formula is C17H23N3O3S. The highest BCUT2D eigenvalue weighted by Crippen LogP contribution is 2.21. The van der Waals surface area contributed by atoms with E-state index in [1.165, 1.54) is 10.5 Å². The molecular weight excluding hydrogens is 326 g/mol. The van der Waals surface area contributed by atoms with Crippen LogP contribution in [0.2, 0.25) is 0 Å². The van der Waals surface area contributed by atoms with E-state index in [0.29, 0.717) is 19.7 Å². The lowest BCUT2D eigenvalue weighted by Crippen LogP contribution is -2.45. The fourth-order valence-electron chi connectivity index (χ4n) is 2.83. The second-order valence-electron chi connectivity index (χ2n) is 6.10. The monoisotopic (exact) mass is 349 g/mol. The largest absolute Gasteiger partial charge is 0.375 e. The molecule has 24 heavy (non-hydrogen) atoms. The van der Waals surface area contributed by atoms with Crippen LogP contribution >= 0.6 is 0 Å². The minimum Gasteiger partial charge on any atom is -0.375 e. The van der Waals surface area contributed by atoms with Gasteiger partial charge in [-0.25, -0.2) is 13.1 Å². The third-order valence-electron chi connectivity index (χ3n) is 4.21. The molecule has 0 spiro atoms. The second kappa shape index (κ2) is 7.04. The summed E-state index contributed by atoms with van der Waals surface area (Å²) in [4.78, 5) is 0.222. The molecule has 0 saturated carbocycles. The first-order chi connectivity index (χ1) is 11.5. The lowest BCUT2D eigenvalue weighted by Gasteiger charge is -2.31. The fraction of sp³-hybridized carbons (Fsp3) is 0.471. The molecule has 1 aromatic heterocycles. The SMILES string of the molecule is CCC[C@@H]1CN(S(=O)(=O)c2cnn(-c3ccc(C)cc3)c2)CCO1. The van der Waals surface area contributed by atoms with Gasteiger partial charge in [0, 0.05) is 13.1 Å². The maximum atomic E-state index is 12.9. The zero-order valence-electron chi connectivity index (χ0n) is 14.1. The first kappa shape index (κ1) is 17.1. The Morgan fingerprint density at radius 2 is 2.04 bits per heavy atom. The maximum Gasteiger partial charge on any atom is 0.246 e. The van der Waals surface area contributed by atoms with E-state index in [2.05, 4.69) is 12.0 Å². The topological polar surface area (TPSA) is 64.4 Å². The third kappa shape index (κ3) is 3.53. The molecule has 0 amide bonds. The van der Waals surface area contributed by atoms with Crippen molar-refractivity contribution in [2.24, 2.45) is 0 Å². The van der Waals surface area contributed by atoms with Crippen LogP contribution < -0.4 is 0 Å². The summed E-state index contributed by atoms with van der Waals surface area (Å²) >= 11 is 0. The van der Waals surface area contributed by atoms with Crippen LogP contribution in [0, 0.1) is 6.92 Å². The van der Waals surface area contributed by atoms with Crippen molar-refractivity contribution in [3.8, 4) is 5.69 Å². The van der Waals surface area contributed by atoms with E-state index in [1.807, 2.05) is 31.2 Å². The van der Waals surface area contributed by atoms with Gasteiger partial charge in [-0.1, -0.05) is 31.0 Å². The number of hydrogen-bond donors (Lipinski definition) is 0. The Balaban J connectivity index is 1.81. The lowest BCUT2D eigenvalue weighted by molar-refractivity contribution is -0.00579. The van der Waals surface area contributed by atoms with E-state index >= 15 is 0 Å². The number of sulfonamides is 1. The number of aromatic nitrogens is 2. The quantitative estimate of drug-likeness (QED) is 0.831. The minimum absolute atomic E-state index is 0.0225. The molecule has 7 heteroatoms. The fourth-order valence-corrected chi connectivity index (χ4v) is 4.22. The van der Waals surface area contributed by atoms with Gasteiger partial charge in [0.25, 0.3) is 0 Å². The smallest absolute Gasteiger partial charge is 0.246 e. The number of aryl methyl sites for hydroxylation is 1. The van der Waals surface area contributed by atoms with Gasteiger partial charge in [0.05, 0.1) is 30.8 Å². The van der Waals surface area contributed by atoms with Gasteiger partial charge in [0.15, 0.2) is 0 Å². The second-order valence-corrected chi connectivity index (χ2v) is 8.04. The average molecular weight is 349 g/mol. The van der Waals surface area contributed by atoms with E-state index in [4.69, 9.17) is 4.74 Å². The summed E-state index contributed by atoms with van der Waals surface area (Å²) in [5.74, 6) is 0. The molecule has 1 aliphatic rings. The van der Waals surface area contributed by atoms with Crippen LogP contribution in [-0.4, -0.2) is 48.3 Å². The Morgan fingerprint density at radius 3 is 2.75 bits per heavy atom. The highest BCUT2D eigenvalue weighted by Gasteiger charge is 2.31. The van der Waals surface area contributed by atoms with Crippen molar-refractivity contribution >= 4 is 10.0 Å². The molecule has 0 radical (unpaired) electrons. The number of hydrogen-bond acceptors (Lipinski definition) is 4. The summed E-state index contributed by atoms with van der Waals surface area (Å²) in [6, 6.07) is 7.79. The molecule has 1 fully saturated rings. The zero-order valence-corrected chi connectivity index (χ0v) is 14.9. The average Bonchev–Trinajstić information content (AvgIpc) is 3.07. The van der Waals surface area contributed by atoms with E-state index in [1.54, 1.807) is 10.9 Å². The van der Waals surface area contributed by atoms with Gasteiger partial charge in [0.2, 0.25) is 10.0 Å². The molecule has 3 rings (SSSR count). The van der Waals surface area contributed by atoms with Crippen LogP contribution in [0.1, 0.15) is 25.3 Å². The maximum absolute atomic E-state index is 12.9. The minimum atomic E-state index is -3.54. The first-order valence-electron chi connectivity index (χ1n) is 8.24. The van der Waals surface area contributed by atoms with Crippen LogP contribution in [0.5, 0.6) is 0 Å². The first-order valence-corrected chi connectivity index (χ1v) is 9.68. The molecule has 2 aromatic rings. The lowest BCUT2D eigenvalue weighted by atomic mass is 10.2. The highest BCUT2D eigenvalue weighted by molar-refractivity contribution is 7.89. The van der Waals surface area contributed by atoms with Crippen molar-refractivity contribution in [3.05, 3.63) is 42.2 Å². The van der Waals surface area contributed by atoms with Crippen molar-refractivity contribution < 1.29 is 13.2 Å². The zero-order chi connectivity index (χ0) is 17.2. The van der Waals surface area contributed by atoms with Crippen molar-refractivity contribution in [1.82, 2.24) is 14.1 Å². The van der Waals surface area contributed by atoms with Gasteiger partial charge in [0.1, 0.15) is 4.90 Å². The van der Waals surface area contributed by atoms with Gasteiger partial charge >= 0.3 is 0 Å². The molecule has 0 N–H and O–H groups in total. The van der Waals surface area contributed by atoms with Gasteiger partial charge in [-0.3, -0.25) is 0 Å². The Morgan fingerprint density at radius 1 is 1.29 bits per heavy atom.